The minimum atomic E-state index is -1.35. The molecule has 1 aliphatic heterocycles. The molecule has 1 aromatic carbocycles. The number of aliphatic hydroxyl groups is 1. The molecule has 0 radical (unpaired) electrons. The van der Waals surface area contributed by atoms with Crippen LogP contribution in [0.4, 0.5) is 4.39 Å². The zero-order chi connectivity index (χ0) is 21.8. The molecule has 1 N–H and O–H groups in total. The summed E-state index contributed by atoms with van der Waals surface area (Å²) in [6.45, 7) is 10.0. The zero-order valence-corrected chi connectivity index (χ0v) is 17.9. The first kappa shape index (κ1) is 20.5. The molecule has 0 saturated heterocycles. The maximum absolute atomic E-state index is 14.6. The molecule has 4 rings (SSSR count). The summed E-state index contributed by atoms with van der Waals surface area (Å²) in [5, 5.41) is 11.8. The Kier molecular flexibility index (Phi) is 4.89. The number of hydrogen-bond donors (Lipinski definition) is 1. The largest absolute Gasteiger partial charge is 0.381 e. The number of carbonyl (C=O) groups excluding carboxylic acids is 1. The highest BCUT2D eigenvalue weighted by Crippen LogP contribution is 2.45. The number of aryl methyl sites for hydroxylation is 1. The first-order valence-electron chi connectivity index (χ1n) is 10.3. The van der Waals surface area contributed by atoms with E-state index in [1.807, 2.05) is 14.0 Å². The van der Waals surface area contributed by atoms with E-state index in [1.165, 1.54) is 23.8 Å². The van der Waals surface area contributed by atoms with Gasteiger partial charge in [-0.05, 0) is 67.0 Å². The van der Waals surface area contributed by atoms with Crippen LogP contribution in [0.2, 0.25) is 0 Å². The van der Waals surface area contributed by atoms with E-state index in [1.54, 1.807) is 13.0 Å². The Morgan fingerprint density at radius 2 is 2.17 bits per heavy atom. The van der Waals surface area contributed by atoms with Crippen molar-refractivity contribution in [3.63, 3.8) is 0 Å². The number of benzene rings is 1. The number of halogens is 1. The van der Waals surface area contributed by atoms with Gasteiger partial charge in [-0.2, -0.15) is 0 Å². The second kappa shape index (κ2) is 7.17. The van der Waals surface area contributed by atoms with Crippen molar-refractivity contribution in [1.29, 1.82) is 0 Å². The topological polar surface area (TPSA) is 53.4 Å². The summed E-state index contributed by atoms with van der Waals surface area (Å²) in [6, 6.07) is 1.54. The second-order valence-corrected chi connectivity index (χ2v) is 8.64. The van der Waals surface area contributed by atoms with Crippen LogP contribution in [0.25, 0.3) is 16.6 Å². The van der Waals surface area contributed by atoms with E-state index >= 15 is 0 Å². The van der Waals surface area contributed by atoms with Crippen LogP contribution in [-0.2, 0) is 17.8 Å². The number of aromatic nitrogens is 1. The number of allylic oxidation sites excluding steroid dienone is 1. The highest BCUT2D eigenvalue weighted by Gasteiger charge is 2.33. The normalized spacial score (nSPS) is 21.7. The Morgan fingerprint density at radius 3 is 2.83 bits per heavy atom. The molecule has 0 saturated carbocycles. The quantitative estimate of drug-likeness (QED) is 0.459. The number of nitrogens with zero attached hydrogens (tertiary/aromatic N) is 2. The van der Waals surface area contributed by atoms with E-state index in [-0.39, 0.29) is 5.82 Å². The van der Waals surface area contributed by atoms with Gasteiger partial charge < -0.3 is 10.0 Å². The molecule has 30 heavy (non-hydrogen) atoms. The van der Waals surface area contributed by atoms with Crippen molar-refractivity contribution in [2.45, 2.75) is 51.7 Å². The lowest BCUT2D eigenvalue weighted by molar-refractivity contribution is -0.104. The van der Waals surface area contributed by atoms with Crippen molar-refractivity contribution in [3.05, 3.63) is 70.2 Å². The molecule has 2 atom stereocenters. The third kappa shape index (κ3) is 3.00. The third-order valence-corrected chi connectivity index (χ3v) is 6.64. The summed E-state index contributed by atoms with van der Waals surface area (Å²) in [7, 11) is 1.96. The standard InChI is InChI=1S/C25H27FN2O2/c1-6-25(4,30)16(9-10-29)11-21-24-18(13-28(21)5)22-14(2)7-8-17-15(3)19(26)12-20(27-24)23(17)22/h6,9-12,14,30H,1,7-8,13H2,2-5H3/b16-9+,21-11-/t14-,25+/m0/s1. The van der Waals surface area contributed by atoms with Crippen molar-refractivity contribution in [2.75, 3.05) is 7.05 Å². The predicted octanol–water partition coefficient (Wildman–Crippen LogP) is 4.58. The molecule has 1 aromatic heterocycles. The Morgan fingerprint density at radius 1 is 1.43 bits per heavy atom. The van der Waals surface area contributed by atoms with Gasteiger partial charge in [0.2, 0.25) is 0 Å². The lowest BCUT2D eigenvalue weighted by Crippen LogP contribution is -2.23. The fourth-order valence-electron chi connectivity index (χ4n) is 4.76. The first-order valence-corrected chi connectivity index (χ1v) is 10.3. The lowest BCUT2D eigenvalue weighted by atomic mass is 9.79. The summed E-state index contributed by atoms with van der Waals surface area (Å²) in [5.74, 6) is 0.133. The Hall–Kier alpha value is -2.79. The number of fused-ring (bicyclic) bond motifs is 2. The summed E-state index contributed by atoms with van der Waals surface area (Å²) in [6.07, 6.45) is 7.03. The van der Waals surface area contributed by atoms with Crippen molar-refractivity contribution in [1.82, 2.24) is 9.88 Å². The van der Waals surface area contributed by atoms with Gasteiger partial charge in [0.15, 0.2) is 0 Å². The molecule has 1 aliphatic carbocycles. The summed E-state index contributed by atoms with van der Waals surface area (Å²) in [5.41, 5.74) is 5.55. The highest BCUT2D eigenvalue weighted by molar-refractivity contribution is 5.92. The molecule has 2 heterocycles. The van der Waals surface area contributed by atoms with Crippen LogP contribution in [0.15, 0.2) is 36.4 Å². The fraction of sp³-hybridized carbons (Fsp3) is 0.360. The molecule has 0 bridgehead atoms. The van der Waals surface area contributed by atoms with Crippen LogP contribution in [0.3, 0.4) is 0 Å². The van der Waals surface area contributed by atoms with Gasteiger partial charge in [0, 0.05) is 30.6 Å². The number of aldehydes is 1. The smallest absolute Gasteiger partial charge is 0.143 e. The Balaban J connectivity index is 2.02. The third-order valence-electron chi connectivity index (χ3n) is 6.64. The van der Waals surface area contributed by atoms with Crippen molar-refractivity contribution >= 4 is 22.9 Å². The van der Waals surface area contributed by atoms with Crippen molar-refractivity contribution < 1.29 is 14.3 Å². The predicted molar refractivity (Wildman–Crippen MR) is 118 cm³/mol. The van der Waals surface area contributed by atoms with Gasteiger partial charge in [-0.1, -0.05) is 19.6 Å². The number of carbonyl (C=O) groups is 1. The van der Waals surface area contributed by atoms with E-state index < -0.39 is 5.60 Å². The fourth-order valence-corrected chi connectivity index (χ4v) is 4.76. The first-order chi connectivity index (χ1) is 14.2. The lowest BCUT2D eigenvalue weighted by Gasteiger charge is -2.26. The van der Waals surface area contributed by atoms with Crippen LogP contribution in [0.1, 0.15) is 54.1 Å². The van der Waals surface area contributed by atoms with E-state index in [2.05, 4.69) is 18.4 Å². The molecular formula is C25H27FN2O2. The van der Waals surface area contributed by atoms with Gasteiger partial charge in [-0.25, -0.2) is 9.37 Å². The molecule has 0 unspecified atom stereocenters. The average Bonchev–Trinajstić information content (AvgIpc) is 3.01. The minimum Gasteiger partial charge on any atom is -0.381 e. The minimum absolute atomic E-state index is 0.224. The molecule has 2 aromatic rings. The molecule has 0 spiro atoms. The molecule has 4 nitrogen and oxygen atoms in total. The van der Waals surface area contributed by atoms with E-state index in [0.717, 1.165) is 46.3 Å². The average molecular weight is 407 g/mol. The van der Waals surface area contributed by atoms with Gasteiger partial charge in [-0.3, -0.25) is 4.79 Å². The number of rotatable bonds is 4. The van der Waals surface area contributed by atoms with Crippen LogP contribution in [0.5, 0.6) is 0 Å². The maximum Gasteiger partial charge on any atom is 0.143 e. The van der Waals surface area contributed by atoms with Crippen LogP contribution in [0, 0.1) is 12.7 Å². The Bertz CT molecular complexity index is 1140. The van der Waals surface area contributed by atoms with E-state index in [4.69, 9.17) is 4.98 Å². The molecular weight excluding hydrogens is 379 g/mol. The summed E-state index contributed by atoms with van der Waals surface area (Å²) >= 11 is 0. The summed E-state index contributed by atoms with van der Waals surface area (Å²) in [4.78, 5) is 18.1. The molecule has 0 fully saturated rings. The SMILES string of the molecule is C=C[C@@](C)(O)C(/C=C1/c2nc3cc(F)c(C)c4c3c(c2CN1C)[C@@H](C)CC4)=C/C=O. The van der Waals surface area contributed by atoms with Crippen LogP contribution < -0.4 is 0 Å². The maximum atomic E-state index is 14.6. The molecule has 0 amide bonds. The van der Waals surface area contributed by atoms with Crippen LogP contribution in [-0.4, -0.2) is 33.9 Å². The molecule has 2 aliphatic rings. The van der Waals surface area contributed by atoms with Gasteiger partial charge in [0.1, 0.15) is 17.7 Å². The van der Waals surface area contributed by atoms with Gasteiger partial charge >= 0.3 is 0 Å². The monoisotopic (exact) mass is 406 g/mol. The van der Waals surface area contributed by atoms with Gasteiger partial charge in [0.25, 0.3) is 0 Å². The molecule has 5 heteroatoms. The Labute approximate surface area is 176 Å². The number of hydrogen-bond acceptors (Lipinski definition) is 4. The van der Waals surface area contributed by atoms with Crippen LogP contribution >= 0.6 is 0 Å². The van der Waals surface area contributed by atoms with Gasteiger partial charge in [0.05, 0.1) is 16.9 Å². The highest BCUT2D eigenvalue weighted by atomic mass is 19.1. The van der Waals surface area contributed by atoms with Crippen molar-refractivity contribution in [2.24, 2.45) is 0 Å². The number of pyridine rings is 1. The summed E-state index contributed by atoms with van der Waals surface area (Å²) < 4.78 is 14.6. The van der Waals surface area contributed by atoms with Gasteiger partial charge in [-0.15, -0.1) is 0 Å². The van der Waals surface area contributed by atoms with E-state index in [0.29, 0.717) is 29.8 Å². The molecule has 156 valence electrons. The zero-order valence-electron chi connectivity index (χ0n) is 17.9. The second-order valence-electron chi connectivity index (χ2n) is 8.64. The van der Waals surface area contributed by atoms with E-state index in [9.17, 15) is 14.3 Å². The van der Waals surface area contributed by atoms with Crippen molar-refractivity contribution in [3.8, 4) is 0 Å².